The van der Waals surface area contributed by atoms with Crippen LogP contribution in [0.4, 0.5) is 0 Å². The molecule has 16 heavy (non-hydrogen) atoms. The van der Waals surface area contributed by atoms with Crippen LogP contribution in [0.5, 0.6) is 5.75 Å². The molecule has 0 N–H and O–H groups in total. The van der Waals surface area contributed by atoms with Gasteiger partial charge in [0.15, 0.2) is 0 Å². The Bertz CT molecular complexity index is 372. The number of ether oxygens (including phenoxy) is 1. The number of aryl methyl sites for hydroxylation is 1. The smallest absolute Gasteiger partial charge is 0.150 e. The topological polar surface area (TPSA) is 29.5 Å². The third-order valence-corrected chi connectivity index (χ3v) is 2.62. The Morgan fingerprint density at radius 1 is 1.31 bits per heavy atom. The molecule has 0 aliphatic heterocycles. The molecular formula is C13H19NO2. The van der Waals surface area contributed by atoms with E-state index in [1.165, 1.54) is 0 Å². The van der Waals surface area contributed by atoms with Gasteiger partial charge in [0, 0.05) is 12.1 Å². The molecule has 0 heterocycles. The Morgan fingerprint density at radius 3 is 2.56 bits per heavy atom. The number of rotatable bonds is 5. The van der Waals surface area contributed by atoms with Gasteiger partial charge in [-0.25, -0.2) is 0 Å². The highest BCUT2D eigenvalue weighted by Gasteiger charge is 2.04. The van der Waals surface area contributed by atoms with Crippen LogP contribution in [0.2, 0.25) is 0 Å². The van der Waals surface area contributed by atoms with Gasteiger partial charge in [0.2, 0.25) is 0 Å². The van der Waals surface area contributed by atoms with Crippen molar-refractivity contribution < 1.29 is 9.53 Å². The van der Waals surface area contributed by atoms with Gasteiger partial charge in [0.05, 0.1) is 0 Å². The normalized spacial score (nSPS) is 10.6. The minimum absolute atomic E-state index is 0.633. The van der Waals surface area contributed by atoms with E-state index in [-0.39, 0.29) is 0 Å². The van der Waals surface area contributed by atoms with Crippen LogP contribution >= 0.6 is 0 Å². The van der Waals surface area contributed by atoms with E-state index in [4.69, 9.17) is 4.74 Å². The molecule has 88 valence electrons. The number of hydrogen-bond donors (Lipinski definition) is 0. The highest BCUT2D eigenvalue weighted by molar-refractivity contribution is 5.78. The van der Waals surface area contributed by atoms with Crippen LogP contribution in [0.1, 0.15) is 21.5 Å². The molecule has 0 spiro atoms. The van der Waals surface area contributed by atoms with Gasteiger partial charge < -0.3 is 9.64 Å². The van der Waals surface area contributed by atoms with Crippen molar-refractivity contribution >= 4 is 6.29 Å². The van der Waals surface area contributed by atoms with Crippen LogP contribution in [0, 0.1) is 13.8 Å². The molecule has 0 radical (unpaired) electrons. The first-order valence-electron chi connectivity index (χ1n) is 5.38. The van der Waals surface area contributed by atoms with Crippen LogP contribution in [0.15, 0.2) is 12.1 Å². The number of nitrogens with zero attached hydrogens (tertiary/aromatic N) is 1. The predicted molar refractivity (Wildman–Crippen MR) is 65.4 cm³/mol. The van der Waals surface area contributed by atoms with Gasteiger partial charge in [-0.2, -0.15) is 0 Å². The zero-order valence-electron chi connectivity index (χ0n) is 10.4. The Hall–Kier alpha value is -1.35. The summed E-state index contributed by atoms with van der Waals surface area (Å²) in [6.45, 7) is 5.43. The third kappa shape index (κ3) is 3.35. The first kappa shape index (κ1) is 12.7. The molecule has 0 amide bonds. The van der Waals surface area contributed by atoms with Crippen LogP contribution < -0.4 is 4.74 Å². The lowest BCUT2D eigenvalue weighted by Gasteiger charge is -2.13. The quantitative estimate of drug-likeness (QED) is 0.713. The Kier molecular flexibility index (Phi) is 4.50. The van der Waals surface area contributed by atoms with Crippen LogP contribution in [0.3, 0.4) is 0 Å². The average molecular weight is 221 g/mol. The van der Waals surface area contributed by atoms with E-state index in [9.17, 15) is 4.79 Å². The second-order valence-electron chi connectivity index (χ2n) is 4.22. The molecule has 0 aromatic heterocycles. The predicted octanol–water partition coefficient (Wildman–Crippen LogP) is 2.06. The lowest BCUT2D eigenvalue weighted by Crippen LogP contribution is -2.19. The number of likely N-dealkylation sites (N-methyl/N-ethyl adjacent to an activating group) is 1. The van der Waals surface area contributed by atoms with E-state index in [0.717, 1.165) is 29.7 Å². The Labute approximate surface area is 97.0 Å². The molecule has 3 heteroatoms. The van der Waals surface area contributed by atoms with E-state index >= 15 is 0 Å². The summed E-state index contributed by atoms with van der Waals surface area (Å²) >= 11 is 0. The molecule has 0 aliphatic carbocycles. The van der Waals surface area contributed by atoms with E-state index < -0.39 is 0 Å². The molecule has 1 aromatic carbocycles. The number of benzene rings is 1. The van der Waals surface area contributed by atoms with E-state index in [0.29, 0.717) is 12.2 Å². The van der Waals surface area contributed by atoms with Crippen molar-refractivity contribution in [1.82, 2.24) is 4.90 Å². The van der Waals surface area contributed by atoms with Gasteiger partial charge in [-0.1, -0.05) is 0 Å². The van der Waals surface area contributed by atoms with Gasteiger partial charge in [0.1, 0.15) is 18.6 Å². The summed E-state index contributed by atoms with van der Waals surface area (Å²) in [4.78, 5) is 12.9. The number of carbonyl (C=O) groups excluding carboxylic acids is 1. The largest absolute Gasteiger partial charge is 0.492 e. The fraction of sp³-hybridized carbons (Fsp3) is 0.462. The molecule has 0 unspecified atom stereocenters. The van der Waals surface area contributed by atoms with Gasteiger partial charge in [-0.05, 0) is 51.2 Å². The van der Waals surface area contributed by atoms with E-state index in [1.54, 1.807) is 6.07 Å². The standard InChI is InChI=1S/C13H19NO2/c1-10-7-13(16-6-5-14(3)4)8-12(9-15)11(10)2/h7-9H,5-6H2,1-4H3. The van der Waals surface area contributed by atoms with Gasteiger partial charge in [-0.3, -0.25) is 4.79 Å². The summed E-state index contributed by atoms with van der Waals surface area (Å²) in [7, 11) is 4.00. The molecule has 0 saturated carbocycles. The van der Waals surface area contributed by atoms with Crippen LogP contribution in [-0.2, 0) is 0 Å². The van der Waals surface area contributed by atoms with Crippen molar-refractivity contribution in [3.8, 4) is 5.75 Å². The first-order chi connectivity index (χ1) is 7.54. The average Bonchev–Trinajstić information content (AvgIpc) is 2.22. The summed E-state index contributed by atoms with van der Waals surface area (Å²) in [5, 5.41) is 0. The van der Waals surface area contributed by atoms with Gasteiger partial charge in [-0.15, -0.1) is 0 Å². The molecule has 0 aliphatic rings. The summed E-state index contributed by atoms with van der Waals surface area (Å²) in [6, 6.07) is 3.77. The Morgan fingerprint density at radius 2 is 2.00 bits per heavy atom. The van der Waals surface area contributed by atoms with Crippen molar-refractivity contribution in [3.63, 3.8) is 0 Å². The monoisotopic (exact) mass is 221 g/mol. The summed E-state index contributed by atoms with van der Waals surface area (Å²) in [5.41, 5.74) is 2.82. The molecular weight excluding hydrogens is 202 g/mol. The van der Waals surface area contributed by atoms with Crippen molar-refractivity contribution in [2.24, 2.45) is 0 Å². The third-order valence-electron chi connectivity index (χ3n) is 2.62. The van der Waals surface area contributed by atoms with E-state index in [2.05, 4.69) is 4.90 Å². The maximum absolute atomic E-state index is 10.9. The van der Waals surface area contributed by atoms with E-state index in [1.807, 2.05) is 34.0 Å². The lowest BCUT2D eigenvalue weighted by atomic mass is 10.0. The molecule has 1 rings (SSSR count). The lowest BCUT2D eigenvalue weighted by molar-refractivity contribution is 0.112. The minimum atomic E-state index is 0.633. The maximum Gasteiger partial charge on any atom is 0.150 e. The fourth-order valence-electron chi connectivity index (χ4n) is 1.40. The fourth-order valence-corrected chi connectivity index (χ4v) is 1.40. The summed E-state index contributed by atoms with van der Waals surface area (Å²) in [5.74, 6) is 0.770. The molecule has 1 aromatic rings. The summed E-state index contributed by atoms with van der Waals surface area (Å²) in [6.07, 6.45) is 0.876. The van der Waals surface area contributed by atoms with Crippen molar-refractivity contribution in [2.75, 3.05) is 27.2 Å². The Balaban J connectivity index is 2.74. The minimum Gasteiger partial charge on any atom is -0.492 e. The summed E-state index contributed by atoms with van der Waals surface area (Å²) < 4.78 is 5.59. The zero-order valence-corrected chi connectivity index (χ0v) is 10.4. The molecule has 0 atom stereocenters. The number of carbonyl (C=O) groups is 1. The number of aldehydes is 1. The highest BCUT2D eigenvalue weighted by Crippen LogP contribution is 2.20. The first-order valence-corrected chi connectivity index (χ1v) is 5.38. The number of hydrogen-bond acceptors (Lipinski definition) is 3. The molecule has 0 saturated heterocycles. The SMILES string of the molecule is Cc1cc(OCCN(C)C)cc(C=O)c1C. The van der Waals surface area contributed by atoms with Crippen molar-refractivity contribution in [1.29, 1.82) is 0 Å². The maximum atomic E-state index is 10.9. The molecule has 0 bridgehead atoms. The highest BCUT2D eigenvalue weighted by atomic mass is 16.5. The van der Waals surface area contributed by atoms with Crippen molar-refractivity contribution in [2.45, 2.75) is 13.8 Å². The van der Waals surface area contributed by atoms with Gasteiger partial charge in [0.25, 0.3) is 0 Å². The van der Waals surface area contributed by atoms with Crippen LogP contribution in [-0.4, -0.2) is 38.4 Å². The molecule has 0 fully saturated rings. The molecule has 3 nitrogen and oxygen atoms in total. The van der Waals surface area contributed by atoms with Crippen LogP contribution in [0.25, 0.3) is 0 Å². The second-order valence-corrected chi connectivity index (χ2v) is 4.22. The zero-order chi connectivity index (χ0) is 12.1. The van der Waals surface area contributed by atoms with Gasteiger partial charge >= 0.3 is 0 Å². The second kappa shape index (κ2) is 5.66. The van der Waals surface area contributed by atoms with Crippen molar-refractivity contribution in [3.05, 3.63) is 28.8 Å².